The van der Waals surface area contributed by atoms with Crippen molar-refractivity contribution in [2.24, 2.45) is 0 Å². The molecular weight excluding hydrogens is 425 g/mol. The fourth-order valence-electron chi connectivity index (χ4n) is 3.42. The Morgan fingerprint density at radius 3 is 2.57 bits per heavy atom. The zero-order valence-corrected chi connectivity index (χ0v) is 18.6. The summed E-state index contributed by atoms with van der Waals surface area (Å²) in [7, 11) is 1.71. The molecule has 0 aliphatic carbocycles. The van der Waals surface area contributed by atoms with Gasteiger partial charge in [0.05, 0.1) is 17.8 Å². The number of hydrogen-bond acceptors (Lipinski definition) is 5. The summed E-state index contributed by atoms with van der Waals surface area (Å²) in [5, 5.41) is 3.81. The summed E-state index contributed by atoms with van der Waals surface area (Å²) in [5.41, 5.74) is 1.15. The molecule has 1 heterocycles. The Balaban J connectivity index is 1.31. The highest BCUT2D eigenvalue weighted by Gasteiger charge is 2.19. The lowest BCUT2D eigenvalue weighted by Crippen LogP contribution is -2.47. The van der Waals surface area contributed by atoms with Crippen molar-refractivity contribution in [3.63, 3.8) is 0 Å². The fraction of sp³-hybridized carbons (Fsp3) is 0.409. The van der Waals surface area contributed by atoms with Crippen LogP contribution in [0.4, 0.5) is 5.69 Å². The van der Waals surface area contributed by atoms with E-state index < -0.39 is 0 Å². The van der Waals surface area contributed by atoms with Gasteiger partial charge in [0, 0.05) is 37.7 Å². The minimum atomic E-state index is -0.165. The van der Waals surface area contributed by atoms with Crippen molar-refractivity contribution in [2.45, 2.75) is 6.42 Å². The molecular formula is C22H27Cl2N3O3. The highest BCUT2D eigenvalue weighted by Crippen LogP contribution is 2.28. The maximum absolute atomic E-state index is 12.0. The van der Waals surface area contributed by atoms with Crippen molar-refractivity contribution >= 4 is 34.8 Å². The van der Waals surface area contributed by atoms with E-state index in [4.69, 9.17) is 32.7 Å². The predicted octanol–water partition coefficient (Wildman–Crippen LogP) is 3.71. The Morgan fingerprint density at radius 1 is 1.07 bits per heavy atom. The SMILES string of the molecule is COc1ccccc1N1CCN(CCCNC(=O)COc2ccc(Cl)cc2Cl)CC1. The van der Waals surface area contributed by atoms with Crippen molar-refractivity contribution in [2.75, 3.05) is 57.9 Å². The third kappa shape index (κ3) is 6.42. The molecule has 0 atom stereocenters. The van der Waals surface area contributed by atoms with Gasteiger partial charge in [0.2, 0.25) is 0 Å². The monoisotopic (exact) mass is 451 g/mol. The molecule has 8 heteroatoms. The van der Waals surface area contributed by atoms with Crippen molar-refractivity contribution in [3.05, 3.63) is 52.5 Å². The molecule has 3 rings (SSSR count). The number of amides is 1. The highest BCUT2D eigenvalue weighted by molar-refractivity contribution is 6.35. The van der Waals surface area contributed by atoms with E-state index in [1.807, 2.05) is 18.2 Å². The number of nitrogens with zero attached hydrogens (tertiary/aromatic N) is 2. The van der Waals surface area contributed by atoms with Crippen molar-refractivity contribution in [1.82, 2.24) is 10.2 Å². The summed E-state index contributed by atoms with van der Waals surface area (Å²) in [5.74, 6) is 1.20. The molecule has 162 valence electrons. The van der Waals surface area contributed by atoms with Gasteiger partial charge in [-0.3, -0.25) is 9.69 Å². The van der Waals surface area contributed by atoms with Crippen LogP contribution in [-0.2, 0) is 4.79 Å². The highest BCUT2D eigenvalue weighted by atomic mass is 35.5. The van der Waals surface area contributed by atoms with Crippen LogP contribution in [0.15, 0.2) is 42.5 Å². The van der Waals surface area contributed by atoms with Gasteiger partial charge in [-0.25, -0.2) is 0 Å². The molecule has 0 aromatic heterocycles. The van der Waals surface area contributed by atoms with Crippen LogP contribution in [-0.4, -0.2) is 63.8 Å². The van der Waals surface area contributed by atoms with Crippen LogP contribution < -0.4 is 19.7 Å². The number of ether oxygens (including phenoxy) is 2. The van der Waals surface area contributed by atoms with E-state index in [1.165, 1.54) is 0 Å². The van der Waals surface area contributed by atoms with E-state index in [0.29, 0.717) is 22.3 Å². The van der Waals surface area contributed by atoms with Gasteiger partial charge in [0.1, 0.15) is 11.5 Å². The first-order valence-corrected chi connectivity index (χ1v) is 10.8. The Kier molecular flexibility index (Phi) is 8.49. The normalized spacial score (nSPS) is 14.4. The van der Waals surface area contributed by atoms with Gasteiger partial charge in [-0.2, -0.15) is 0 Å². The number of anilines is 1. The number of benzene rings is 2. The Morgan fingerprint density at radius 2 is 1.83 bits per heavy atom. The van der Waals surface area contributed by atoms with Crippen LogP contribution in [0.1, 0.15) is 6.42 Å². The smallest absolute Gasteiger partial charge is 0.257 e. The summed E-state index contributed by atoms with van der Waals surface area (Å²) >= 11 is 11.9. The number of carbonyl (C=O) groups excluding carboxylic acids is 1. The van der Waals surface area contributed by atoms with Gasteiger partial charge in [-0.15, -0.1) is 0 Å². The molecule has 0 spiro atoms. The number of carbonyl (C=O) groups is 1. The predicted molar refractivity (Wildman–Crippen MR) is 121 cm³/mol. The first kappa shape index (κ1) is 22.5. The molecule has 1 saturated heterocycles. The molecule has 0 bridgehead atoms. The summed E-state index contributed by atoms with van der Waals surface area (Å²) in [6.07, 6.45) is 0.891. The third-order valence-corrected chi connectivity index (χ3v) is 5.55. The Bertz CT molecular complexity index is 842. The van der Waals surface area contributed by atoms with Crippen molar-refractivity contribution in [3.8, 4) is 11.5 Å². The maximum Gasteiger partial charge on any atom is 0.257 e. The first-order chi connectivity index (χ1) is 14.6. The van der Waals surface area contributed by atoms with Crippen LogP contribution >= 0.6 is 23.2 Å². The molecule has 30 heavy (non-hydrogen) atoms. The molecule has 2 aromatic carbocycles. The van der Waals surface area contributed by atoms with E-state index in [0.717, 1.165) is 50.6 Å². The van der Waals surface area contributed by atoms with Crippen LogP contribution in [0.3, 0.4) is 0 Å². The molecule has 1 fully saturated rings. The number of hydrogen-bond donors (Lipinski definition) is 1. The van der Waals surface area contributed by atoms with Crippen LogP contribution in [0.25, 0.3) is 0 Å². The minimum Gasteiger partial charge on any atom is -0.495 e. The van der Waals surface area contributed by atoms with E-state index >= 15 is 0 Å². The van der Waals surface area contributed by atoms with Crippen LogP contribution in [0.2, 0.25) is 10.0 Å². The lowest BCUT2D eigenvalue weighted by Gasteiger charge is -2.36. The average Bonchev–Trinajstić information content (AvgIpc) is 2.76. The molecule has 0 unspecified atom stereocenters. The number of halogens is 2. The Hall–Kier alpha value is -2.15. The Labute approximate surface area is 187 Å². The summed E-state index contributed by atoms with van der Waals surface area (Å²) in [4.78, 5) is 16.7. The lowest BCUT2D eigenvalue weighted by atomic mass is 10.2. The van der Waals surface area contributed by atoms with E-state index in [9.17, 15) is 4.79 Å². The molecule has 1 aliphatic rings. The minimum absolute atomic E-state index is 0.0705. The van der Waals surface area contributed by atoms with Crippen LogP contribution in [0, 0.1) is 0 Å². The topological polar surface area (TPSA) is 54.0 Å². The lowest BCUT2D eigenvalue weighted by molar-refractivity contribution is -0.123. The number of rotatable bonds is 9. The second-order valence-electron chi connectivity index (χ2n) is 7.07. The zero-order valence-electron chi connectivity index (χ0n) is 17.1. The number of nitrogens with one attached hydrogen (secondary N) is 1. The van der Waals surface area contributed by atoms with Gasteiger partial charge in [0.15, 0.2) is 6.61 Å². The van der Waals surface area contributed by atoms with Gasteiger partial charge in [-0.1, -0.05) is 35.3 Å². The van der Waals surface area contributed by atoms with E-state index in [1.54, 1.807) is 25.3 Å². The largest absolute Gasteiger partial charge is 0.495 e. The molecule has 2 aromatic rings. The second-order valence-corrected chi connectivity index (χ2v) is 7.91. The average molecular weight is 452 g/mol. The van der Waals surface area contributed by atoms with Gasteiger partial charge >= 0.3 is 0 Å². The molecule has 1 amide bonds. The van der Waals surface area contributed by atoms with Gasteiger partial charge in [-0.05, 0) is 43.3 Å². The second kappa shape index (κ2) is 11.3. The van der Waals surface area contributed by atoms with Crippen LogP contribution in [0.5, 0.6) is 11.5 Å². The van der Waals surface area contributed by atoms with Crippen molar-refractivity contribution in [1.29, 1.82) is 0 Å². The molecule has 1 N–H and O–H groups in total. The van der Waals surface area contributed by atoms with Gasteiger partial charge in [0.25, 0.3) is 5.91 Å². The van der Waals surface area contributed by atoms with E-state index in [2.05, 4.69) is 21.2 Å². The molecule has 0 saturated carbocycles. The zero-order chi connectivity index (χ0) is 21.3. The first-order valence-electron chi connectivity index (χ1n) is 10.0. The van der Waals surface area contributed by atoms with Gasteiger partial charge < -0.3 is 19.7 Å². The molecule has 1 aliphatic heterocycles. The molecule has 6 nitrogen and oxygen atoms in total. The van der Waals surface area contributed by atoms with E-state index in [-0.39, 0.29) is 12.5 Å². The number of piperazine rings is 1. The third-order valence-electron chi connectivity index (χ3n) is 5.02. The summed E-state index contributed by atoms with van der Waals surface area (Å²) in [6, 6.07) is 13.0. The molecule has 0 radical (unpaired) electrons. The quantitative estimate of drug-likeness (QED) is 0.588. The standard InChI is InChI=1S/C22H27Cl2N3O3/c1-29-21-6-3-2-5-19(21)27-13-11-26(12-14-27)10-4-9-25-22(28)16-30-20-8-7-17(23)15-18(20)24/h2-3,5-8,15H,4,9-14,16H2,1H3,(H,25,28). The summed E-state index contributed by atoms with van der Waals surface area (Å²) in [6.45, 7) is 5.39. The fourth-order valence-corrected chi connectivity index (χ4v) is 3.88. The summed E-state index contributed by atoms with van der Waals surface area (Å²) < 4.78 is 10.9. The van der Waals surface area contributed by atoms with Crippen molar-refractivity contribution < 1.29 is 14.3 Å². The maximum atomic E-state index is 12.0. The number of para-hydroxylation sites is 2. The number of methoxy groups -OCH3 is 1.